The molecule has 0 aliphatic carbocycles. The summed E-state index contributed by atoms with van der Waals surface area (Å²) in [5.41, 5.74) is 0.340. The summed E-state index contributed by atoms with van der Waals surface area (Å²) in [6.07, 6.45) is 0. The Balaban J connectivity index is 2.37. The first kappa shape index (κ1) is 16.3. The predicted molar refractivity (Wildman–Crippen MR) is 83.8 cm³/mol. The second-order valence-electron chi connectivity index (χ2n) is 4.24. The summed E-state index contributed by atoms with van der Waals surface area (Å²) in [4.78, 5) is 24.1. The lowest BCUT2D eigenvalue weighted by Gasteiger charge is -2.11. The maximum absolute atomic E-state index is 12.1. The van der Waals surface area contributed by atoms with Crippen molar-refractivity contribution >= 4 is 35.1 Å². The molecule has 0 saturated carbocycles. The lowest BCUT2D eigenvalue weighted by atomic mass is 10.2. The standard InChI is InChI=1S/C16H12Cl2O4/c1-2-21-16(20)12-8-11(17)9-13(18)14(12)22-15(19)10-6-4-3-5-7-10/h3-9H,2H2,1H3. The fraction of sp³-hybridized carbons (Fsp3) is 0.125. The van der Waals surface area contributed by atoms with Crippen molar-refractivity contribution in [1.29, 1.82) is 0 Å². The minimum Gasteiger partial charge on any atom is -0.462 e. The van der Waals surface area contributed by atoms with Crippen molar-refractivity contribution in [3.63, 3.8) is 0 Å². The van der Waals surface area contributed by atoms with Crippen LogP contribution in [0.2, 0.25) is 10.0 Å². The second-order valence-corrected chi connectivity index (χ2v) is 5.08. The highest BCUT2D eigenvalue weighted by Gasteiger charge is 2.21. The number of carbonyl (C=O) groups is 2. The van der Waals surface area contributed by atoms with Gasteiger partial charge in [-0.3, -0.25) is 0 Å². The van der Waals surface area contributed by atoms with Crippen molar-refractivity contribution in [3.8, 4) is 5.75 Å². The number of carbonyl (C=O) groups excluding carboxylic acids is 2. The highest BCUT2D eigenvalue weighted by atomic mass is 35.5. The Hall–Kier alpha value is -2.04. The van der Waals surface area contributed by atoms with E-state index in [1.165, 1.54) is 12.1 Å². The van der Waals surface area contributed by atoms with Gasteiger partial charge in [-0.1, -0.05) is 41.4 Å². The molecule has 0 bridgehead atoms. The zero-order valence-corrected chi connectivity index (χ0v) is 13.1. The number of hydrogen-bond donors (Lipinski definition) is 0. The first-order chi connectivity index (χ1) is 10.5. The van der Waals surface area contributed by atoms with E-state index in [1.807, 2.05) is 0 Å². The molecule has 0 radical (unpaired) electrons. The summed E-state index contributed by atoms with van der Waals surface area (Å²) in [7, 11) is 0. The summed E-state index contributed by atoms with van der Waals surface area (Å²) >= 11 is 11.9. The Morgan fingerprint density at radius 1 is 1.05 bits per heavy atom. The quantitative estimate of drug-likeness (QED) is 0.612. The largest absolute Gasteiger partial charge is 0.462 e. The SMILES string of the molecule is CCOC(=O)c1cc(Cl)cc(Cl)c1OC(=O)c1ccccc1. The molecule has 2 aromatic carbocycles. The van der Waals surface area contributed by atoms with Crippen LogP contribution in [0.3, 0.4) is 0 Å². The normalized spacial score (nSPS) is 10.1. The lowest BCUT2D eigenvalue weighted by Crippen LogP contribution is -2.13. The highest BCUT2D eigenvalue weighted by molar-refractivity contribution is 6.36. The van der Waals surface area contributed by atoms with E-state index in [9.17, 15) is 9.59 Å². The summed E-state index contributed by atoms with van der Waals surface area (Å²) < 4.78 is 10.2. The Morgan fingerprint density at radius 3 is 2.36 bits per heavy atom. The molecule has 2 rings (SSSR count). The third-order valence-corrected chi connectivity index (χ3v) is 3.21. The van der Waals surface area contributed by atoms with E-state index in [-0.39, 0.29) is 28.0 Å². The van der Waals surface area contributed by atoms with Crippen LogP contribution in [0.15, 0.2) is 42.5 Å². The van der Waals surface area contributed by atoms with Crippen LogP contribution in [0.4, 0.5) is 0 Å². The molecule has 22 heavy (non-hydrogen) atoms. The predicted octanol–water partition coefficient (Wildman–Crippen LogP) is 4.39. The van der Waals surface area contributed by atoms with Gasteiger partial charge in [0, 0.05) is 5.02 Å². The molecule has 0 unspecified atom stereocenters. The van der Waals surface area contributed by atoms with Crippen LogP contribution in [0.25, 0.3) is 0 Å². The van der Waals surface area contributed by atoms with Gasteiger partial charge in [-0.15, -0.1) is 0 Å². The van der Waals surface area contributed by atoms with Crippen LogP contribution >= 0.6 is 23.2 Å². The minimum absolute atomic E-state index is 0.00336. The molecule has 0 aliphatic heterocycles. The summed E-state index contributed by atoms with van der Waals surface area (Å²) in [5.74, 6) is -1.36. The van der Waals surface area contributed by atoms with Gasteiger partial charge in [0.05, 0.1) is 17.2 Å². The maximum atomic E-state index is 12.1. The molecule has 2 aromatic rings. The summed E-state index contributed by atoms with van der Waals surface area (Å²) in [5, 5.41) is 0.299. The summed E-state index contributed by atoms with van der Waals surface area (Å²) in [6, 6.07) is 11.1. The van der Waals surface area contributed by atoms with E-state index < -0.39 is 11.9 Å². The van der Waals surface area contributed by atoms with Crippen molar-refractivity contribution in [3.05, 3.63) is 63.6 Å². The number of halogens is 2. The molecule has 0 fully saturated rings. The number of rotatable bonds is 4. The molecule has 114 valence electrons. The van der Waals surface area contributed by atoms with Crippen LogP contribution in [0.1, 0.15) is 27.6 Å². The van der Waals surface area contributed by atoms with Crippen LogP contribution < -0.4 is 4.74 Å². The van der Waals surface area contributed by atoms with Gasteiger partial charge < -0.3 is 9.47 Å². The first-order valence-corrected chi connectivity index (χ1v) is 7.22. The Bertz CT molecular complexity index is 699. The van der Waals surface area contributed by atoms with Gasteiger partial charge in [0.2, 0.25) is 0 Å². The monoisotopic (exact) mass is 338 g/mol. The number of ether oxygens (including phenoxy) is 2. The van der Waals surface area contributed by atoms with E-state index in [1.54, 1.807) is 37.3 Å². The Labute approximate surface area is 137 Å². The molecule has 0 aromatic heterocycles. The summed E-state index contributed by atoms with van der Waals surface area (Å²) in [6.45, 7) is 1.84. The molecule has 0 atom stereocenters. The third-order valence-electron chi connectivity index (χ3n) is 2.71. The van der Waals surface area contributed by atoms with Crippen LogP contribution in [0.5, 0.6) is 5.75 Å². The molecule has 4 nitrogen and oxygen atoms in total. The zero-order valence-electron chi connectivity index (χ0n) is 11.6. The molecule has 6 heteroatoms. The highest BCUT2D eigenvalue weighted by Crippen LogP contribution is 2.33. The molecule has 0 amide bonds. The smallest absolute Gasteiger partial charge is 0.343 e. The van der Waals surface area contributed by atoms with Gasteiger partial charge in [0.15, 0.2) is 5.75 Å². The minimum atomic E-state index is -0.664. The lowest BCUT2D eigenvalue weighted by molar-refractivity contribution is 0.0520. The molecule has 0 saturated heterocycles. The van der Waals surface area contributed by atoms with Gasteiger partial charge in [0.1, 0.15) is 5.56 Å². The fourth-order valence-corrected chi connectivity index (χ4v) is 2.28. The van der Waals surface area contributed by atoms with Gasteiger partial charge in [0.25, 0.3) is 0 Å². The average molecular weight is 339 g/mol. The first-order valence-electron chi connectivity index (χ1n) is 6.46. The topological polar surface area (TPSA) is 52.6 Å². The molecule has 0 aliphatic rings. The fourth-order valence-electron chi connectivity index (χ4n) is 1.75. The van der Waals surface area contributed by atoms with Crippen molar-refractivity contribution in [1.82, 2.24) is 0 Å². The molecule has 0 N–H and O–H groups in total. The van der Waals surface area contributed by atoms with Gasteiger partial charge in [-0.25, -0.2) is 9.59 Å². The molecule has 0 spiro atoms. The number of hydrogen-bond acceptors (Lipinski definition) is 4. The zero-order chi connectivity index (χ0) is 16.1. The van der Waals surface area contributed by atoms with Gasteiger partial charge in [-0.2, -0.15) is 0 Å². The van der Waals surface area contributed by atoms with Crippen molar-refractivity contribution in [2.45, 2.75) is 6.92 Å². The van der Waals surface area contributed by atoms with Crippen LogP contribution in [0, 0.1) is 0 Å². The van der Waals surface area contributed by atoms with Crippen molar-refractivity contribution < 1.29 is 19.1 Å². The van der Waals surface area contributed by atoms with E-state index in [2.05, 4.69) is 0 Å². The van der Waals surface area contributed by atoms with Crippen molar-refractivity contribution in [2.75, 3.05) is 6.61 Å². The van der Waals surface area contributed by atoms with E-state index in [4.69, 9.17) is 32.7 Å². The van der Waals surface area contributed by atoms with Crippen LogP contribution in [-0.4, -0.2) is 18.5 Å². The van der Waals surface area contributed by atoms with E-state index >= 15 is 0 Å². The number of benzene rings is 2. The van der Waals surface area contributed by atoms with Crippen LogP contribution in [-0.2, 0) is 4.74 Å². The van der Waals surface area contributed by atoms with E-state index in [0.29, 0.717) is 5.56 Å². The second kappa shape index (κ2) is 7.29. The average Bonchev–Trinajstić information content (AvgIpc) is 2.50. The van der Waals surface area contributed by atoms with E-state index in [0.717, 1.165) is 0 Å². The molecular formula is C16H12Cl2O4. The Morgan fingerprint density at radius 2 is 1.73 bits per heavy atom. The third kappa shape index (κ3) is 3.78. The van der Waals surface area contributed by atoms with Gasteiger partial charge in [-0.05, 0) is 31.2 Å². The maximum Gasteiger partial charge on any atom is 0.343 e. The molecule has 0 heterocycles. The Kier molecular flexibility index (Phi) is 5.41. The van der Waals surface area contributed by atoms with Crippen molar-refractivity contribution in [2.24, 2.45) is 0 Å². The van der Waals surface area contributed by atoms with Gasteiger partial charge >= 0.3 is 11.9 Å². The number of esters is 2. The molecular weight excluding hydrogens is 327 g/mol.